The first-order chi connectivity index (χ1) is 14.1. The molecule has 0 saturated carbocycles. The molecule has 0 fully saturated rings. The lowest BCUT2D eigenvalue weighted by atomic mass is 9.86. The van der Waals surface area contributed by atoms with Crippen LogP contribution in [-0.2, 0) is 10.2 Å². The minimum Gasteiger partial charge on any atom is -0.486 e. The van der Waals surface area contributed by atoms with Crippen LogP contribution in [0.15, 0.2) is 42.5 Å². The molecule has 2 N–H and O–H groups in total. The molecule has 6 heteroatoms. The fourth-order valence-corrected chi connectivity index (χ4v) is 3.22. The molecule has 1 aliphatic heterocycles. The van der Waals surface area contributed by atoms with Crippen LogP contribution in [0.1, 0.15) is 62.1 Å². The molecule has 0 bridgehead atoms. The third-order valence-electron chi connectivity index (χ3n) is 5.18. The van der Waals surface area contributed by atoms with Gasteiger partial charge in [-0.1, -0.05) is 39.0 Å². The van der Waals surface area contributed by atoms with E-state index in [4.69, 9.17) is 9.47 Å². The lowest BCUT2D eigenvalue weighted by Crippen LogP contribution is -2.45. The number of carbonyl (C=O) groups is 2. The van der Waals surface area contributed by atoms with E-state index in [-0.39, 0.29) is 23.3 Å². The molecule has 0 aliphatic carbocycles. The van der Waals surface area contributed by atoms with Gasteiger partial charge in [-0.2, -0.15) is 0 Å². The number of benzene rings is 2. The first kappa shape index (κ1) is 21.7. The van der Waals surface area contributed by atoms with Crippen LogP contribution in [0, 0.1) is 0 Å². The molecular formula is C24H30N2O4. The number of nitrogens with one attached hydrogen (secondary N) is 2. The van der Waals surface area contributed by atoms with Crippen molar-refractivity contribution >= 4 is 11.8 Å². The van der Waals surface area contributed by atoms with Crippen LogP contribution >= 0.6 is 0 Å². The summed E-state index contributed by atoms with van der Waals surface area (Å²) in [4.78, 5) is 25.1. The van der Waals surface area contributed by atoms with Crippen molar-refractivity contribution in [3.63, 3.8) is 0 Å². The molecule has 2 aromatic carbocycles. The van der Waals surface area contributed by atoms with E-state index in [2.05, 4.69) is 31.4 Å². The summed E-state index contributed by atoms with van der Waals surface area (Å²) < 4.78 is 11.1. The van der Waals surface area contributed by atoms with Gasteiger partial charge in [0.1, 0.15) is 19.3 Å². The van der Waals surface area contributed by atoms with Crippen molar-refractivity contribution in [2.75, 3.05) is 13.2 Å². The SMILES string of the molecule is CC(NC(=O)c1ccc(C(C)(C)C)cc1)C(=O)NC(C)c1ccc2c(c1)OCCO2. The van der Waals surface area contributed by atoms with Gasteiger partial charge in [0.25, 0.3) is 5.91 Å². The van der Waals surface area contributed by atoms with Gasteiger partial charge in [-0.25, -0.2) is 0 Å². The molecule has 2 aromatic rings. The summed E-state index contributed by atoms with van der Waals surface area (Å²) in [6, 6.07) is 12.2. The number of amides is 2. The second-order valence-corrected chi connectivity index (χ2v) is 8.66. The lowest BCUT2D eigenvalue weighted by molar-refractivity contribution is -0.123. The Morgan fingerprint density at radius 3 is 2.17 bits per heavy atom. The zero-order valence-corrected chi connectivity index (χ0v) is 18.2. The predicted molar refractivity (Wildman–Crippen MR) is 116 cm³/mol. The molecule has 1 aliphatic rings. The van der Waals surface area contributed by atoms with Crippen LogP contribution < -0.4 is 20.1 Å². The van der Waals surface area contributed by atoms with Crippen molar-refractivity contribution < 1.29 is 19.1 Å². The quantitative estimate of drug-likeness (QED) is 0.787. The standard InChI is InChI=1S/C24H30N2O4/c1-15(18-8-11-20-21(14-18)30-13-12-29-20)25-22(27)16(2)26-23(28)17-6-9-19(10-7-17)24(3,4)5/h6-11,14-16H,12-13H2,1-5H3,(H,25,27)(H,26,28). The van der Waals surface area contributed by atoms with Crippen LogP contribution in [-0.4, -0.2) is 31.1 Å². The minimum atomic E-state index is -0.667. The van der Waals surface area contributed by atoms with Crippen LogP contribution in [0.4, 0.5) is 0 Å². The highest BCUT2D eigenvalue weighted by atomic mass is 16.6. The van der Waals surface area contributed by atoms with E-state index in [1.54, 1.807) is 19.1 Å². The number of rotatable bonds is 5. The summed E-state index contributed by atoms with van der Waals surface area (Å²) in [7, 11) is 0. The zero-order valence-electron chi connectivity index (χ0n) is 18.2. The maximum Gasteiger partial charge on any atom is 0.251 e. The Balaban J connectivity index is 1.58. The van der Waals surface area contributed by atoms with E-state index in [0.29, 0.717) is 30.3 Å². The fraction of sp³-hybridized carbons (Fsp3) is 0.417. The van der Waals surface area contributed by atoms with Gasteiger partial charge in [0, 0.05) is 5.56 Å². The van der Waals surface area contributed by atoms with Gasteiger partial charge in [0.15, 0.2) is 11.5 Å². The van der Waals surface area contributed by atoms with Crippen molar-refractivity contribution in [1.82, 2.24) is 10.6 Å². The molecule has 0 aromatic heterocycles. The first-order valence-corrected chi connectivity index (χ1v) is 10.3. The van der Waals surface area contributed by atoms with E-state index >= 15 is 0 Å². The maximum absolute atomic E-state index is 12.6. The summed E-state index contributed by atoms with van der Waals surface area (Å²) in [6.07, 6.45) is 0. The Hall–Kier alpha value is -3.02. The van der Waals surface area contributed by atoms with Gasteiger partial charge >= 0.3 is 0 Å². The summed E-state index contributed by atoms with van der Waals surface area (Å²) in [5, 5.41) is 5.70. The fourth-order valence-electron chi connectivity index (χ4n) is 3.22. The zero-order chi connectivity index (χ0) is 21.9. The molecule has 160 valence electrons. The van der Waals surface area contributed by atoms with E-state index in [1.165, 1.54) is 0 Å². The molecule has 2 amide bonds. The normalized spacial score (nSPS) is 15.1. The van der Waals surface area contributed by atoms with Crippen molar-refractivity contribution in [3.8, 4) is 11.5 Å². The summed E-state index contributed by atoms with van der Waals surface area (Å²) >= 11 is 0. The molecule has 1 heterocycles. The molecule has 30 heavy (non-hydrogen) atoms. The number of carbonyl (C=O) groups excluding carboxylic acids is 2. The molecule has 2 unspecified atom stereocenters. The number of ether oxygens (including phenoxy) is 2. The van der Waals surface area contributed by atoms with E-state index in [0.717, 1.165) is 11.1 Å². The number of fused-ring (bicyclic) bond motifs is 1. The Bertz CT molecular complexity index is 916. The highest BCUT2D eigenvalue weighted by Gasteiger charge is 2.21. The lowest BCUT2D eigenvalue weighted by Gasteiger charge is -2.22. The maximum atomic E-state index is 12.6. The van der Waals surface area contributed by atoms with Gasteiger partial charge in [-0.05, 0) is 54.7 Å². The topological polar surface area (TPSA) is 76.7 Å². The third kappa shape index (κ3) is 5.12. The highest BCUT2D eigenvalue weighted by Crippen LogP contribution is 2.32. The van der Waals surface area contributed by atoms with Crippen LogP contribution in [0.5, 0.6) is 11.5 Å². The summed E-state index contributed by atoms with van der Waals surface area (Å²) in [5.41, 5.74) is 2.61. The van der Waals surface area contributed by atoms with Crippen LogP contribution in [0.3, 0.4) is 0 Å². The number of hydrogen-bond donors (Lipinski definition) is 2. The highest BCUT2D eigenvalue weighted by molar-refractivity contribution is 5.97. The smallest absolute Gasteiger partial charge is 0.251 e. The van der Waals surface area contributed by atoms with E-state index in [1.807, 2.05) is 37.3 Å². The Morgan fingerprint density at radius 2 is 1.53 bits per heavy atom. The molecule has 0 spiro atoms. The molecule has 6 nitrogen and oxygen atoms in total. The molecule has 0 radical (unpaired) electrons. The molecule has 3 rings (SSSR count). The second kappa shape index (κ2) is 8.78. The summed E-state index contributed by atoms with van der Waals surface area (Å²) in [5.74, 6) is 0.865. The van der Waals surface area contributed by atoms with E-state index < -0.39 is 6.04 Å². The largest absolute Gasteiger partial charge is 0.486 e. The average molecular weight is 411 g/mol. The van der Waals surface area contributed by atoms with Gasteiger partial charge < -0.3 is 20.1 Å². The van der Waals surface area contributed by atoms with E-state index in [9.17, 15) is 9.59 Å². The Morgan fingerprint density at radius 1 is 0.900 bits per heavy atom. The van der Waals surface area contributed by atoms with Crippen LogP contribution in [0.25, 0.3) is 0 Å². The van der Waals surface area contributed by atoms with Crippen molar-refractivity contribution in [1.29, 1.82) is 0 Å². The minimum absolute atomic E-state index is 0.0200. The predicted octanol–water partition coefficient (Wildman–Crippen LogP) is 3.75. The average Bonchev–Trinajstić information content (AvgIpc) is 2.72. The van der Waals surface area contributed by atoms with Crippen LogP contribution in [0.2, 0.25) is 0 Å². The molecule has 0 saturated heterocycles. The molecule has 2 atom stereocenters. The third-order valence-corrected chi connectivity index (χ3v) is 5.18. The van der Waals surface area contributed by atoms with Gasteiger partial charge in [0.05, 0.1) is 6.04 Å². The van der Waals surface area contributed by atoms with Gasteiger partial charge in [0.2, 0.25) is 5.91 Å². The first-order valence-electron chi connectivity index (χ1n) is 10.3. The monoisotopic (exact) mass is 410 g/mol. The van der Waals surface area contributed by atoms with Gasteiger partial charge in [-0.15, -0.1) is 0 Å². The number of hydrogen-bond acceptors (Lipinski definition) is 4. The van der Waals surface area contributed by atoms with Crippen molar-refractivity contribution in [2.24, 2.45) is 0 Å². The van der Waals surface area contributed by atoms with Gasteiger partial charge in [-0.3, -0.25) is 9.59 Å². The Labute approximate surface area is 178 Å². The molecular weight excluding hydrogens is 380 g/mol. The summed E-state index contributed by atoms with van der Waals surface area (Å²) in [6.45, 7) is 11.0. The van der Waals surface area contributed by atoms with Crippen molar-refractivity contribution in [2.45, 2.75) is 52.1 Å². The Kier molecular flexibility index (Phi) is 6.34. The van der Waals surface area contributed by atoms with Crippen molar-refractivity contribution in [3.05, 3.63) is 59.2 Å². The second-order valence-electron chi connectivity index (χ2n) is 8.66.